The van der Waals surface area contributed by atoms with Gasteiger partial charge in [0.05, 0.1) is 10.6 Å². The second-order valence-electron chi connectivity index (χ2n) is 12.0. The highest BCUT2D eigenvalue weighted by atomic mass is 35.5. The number of hydrogen-bond acceptors (Lipinski definition) is 4. The molecule has 1 atom stereocenters. The van der Waals surface area contributed by atoms with Gasteiger partial charge < -0.3 is 10.2 Å². The van der Waals surface area contributed by atoms with Gasteiger partial charge in [-0.05, 0) is 73.4 Å². The van der Waals surface area contributed by atoms with Crippen molar-refractivity contribution in [3.05, 3.63) is 131 Å². The van der Waals surface area contributed by atoms with Crippen molar-refractivity contribution >= 4 is 39.1 Å². The maximum atomic E-state index is 14.6. The molecule has 0 heterocycles. The van der Waals surface area contributed by atoms with Crippen LogP contribution in [-0.2, 0) is 32.6 Å². The minimum absolute atomic E-state index is 0.0110. The van der Waals surface area contributed by atoms with Crippen LogP contribution < -0.4 is 9.62 Å². The lowest BCUT2D eigenvalue weighted by atomic mass is 9.94. The highest BCUT2D eigenvalue weighted by Gasteiger charge is 2.35. The van der Waals surface area contributed by atoms with Crippen LogP contribution in [0.15, 0.2) is 108 Å². The normalized spacial score (nSPS) is 14.3. The zero-order valence-electron chi connectivity index (χ0n) is 26.3. The maximum Gasteiger partial charge on any atom is 0.264 e. The van der Waals surface area contributed by atoms with Gasteiger partial charge >= 0.3 is 0 Å². The second kappa shape index (κ2) is 15.6. The van der Waals surface area contributed by atoms with Crippen LogP contribution in [-0.4, -0.2) is 43.8 Å². The van der Waals surface area contributed by atoms with Crippen molar-refractivity contribution in [2.75, 3.05) is 10.8 Å². The average molecular weight is 676 g/mol. The Morgan fingerprint density at radius 1 is 0.872 bits per heavy atom. The standard InChI is InChI=1S/C37H39ClFN3O4S/c1-27-15-21-34(22-16-27)47(45,46)42(33-14-8-11-30(38)24-33)26-36(43)41(25-29-17-19-31(39)20-18-29)35(23-28-9-4-2-5-10-28)37(44)40-32-12-6-3-7-13-32/h2,4-5,8-11,14-22,24,32,35H,3,6-7,12-13,23,25-26H2,1H3,(H,40,44)/t35-/m1/s1. The molecule has 246 valence electrons. The molecule has 5 rings (SSSR count). The van der Waals surface area contributed by atoms with Crippen molar-refractivity contribution in [3.8, 4) is 0 Å². The first-order valence-corrected chi connectivity index (χ1v) is 17.6. The first kappa shape index (κ1) is 34.1. The van der Waals surface area contributed by atoms with E-state index in [9.17, 15) is 22.4 Å². The molecule has 0 saturated heterocycles. The Morgan fingerprint density at radius 3 is 2.21 bits per heavy atom. The topological polar surface area (TPSA) is 86.8 Å². The van der Waals surface area contributed by atoms with Crippen LogP contribution in [0.5, 0.6) is 0 Å². The highest BCUT2D eigenvalue weighted by Crippen LogP contribution is 2.28. The predicted octanol–water partition coefficient (Wildman–Crippen LogP) is 7.07. The van der Waals surface area contributed by atoms with E-state index in [2.05, 4.69) is 5.32 Å². The first-order chi connectivity index (χ1) is 22.6. The van der Waals surface area contributed by atoms with Crippen molar-refractivity contribution in [1.29, 1.82) is 0 Å². The molecule has 0 spiro atoms. The quantitative estimate of drug-likeness (QED) is 0.174. The molecule has 0 radical (unpaired) electrons. The zero-order valence-corrected chi connectivity index (χ0v) is 27.9. The number of aryl methyl sites for hydroxylation is 1. The van der Waals surface area contributed by atoms with Crippen LogP contribution in [0.2, 0.25) is 5.02 Å². The van der Waals surface area contributed by atoms with E-state index in [1.165, 1.54) is 35.2 Å². The molecular formula is C37H39ClFN3O4S. The number of rotatable bonds is 12. The van der Waals surface area contributed by atoms with E-state index in [0.29, 0.717) is 10.6 Å². The Bertz CT molecular complexity index is 1760. The lowest BCUT2D eigenvalue weighted by Gasteiger charge is -2.35. The fraction of sp³-hybridized carbons (Fsp3) is 0.297. The highest BCUT2D eigenvalue weighted by molar-refractivity contribution is 7.92. The van der Waals surface area contributed by atoms with E-state index in [1.807, 2.05) is 37.3 Å². The largest absolute Gasteiger partial charge is 0.352 e. The van der Waals surface area contributed by atoms with E-state index >= 15 is 0 Å². The van der Waals surface area contributed by atoms with E-state index in [1.54, 1.807) is 42.5 Å². The second-order valence-corrected chi connectivity index (χ2v) is 14.3. The van der Waals surface area contributed by atoms with Gasteiger partial charge in [-0.25, -0.2) is 12.8 Å². The lowest BCUT2D eigenvalue weighted by Crippen LogP contribution is -2.55. The van der Waals surface area contributed by atoms with E-state index in [4.69, 9.17) is 11.6 Å². The summed E-state index contributed by atoms with van der Waals surface area (Å²) in [5.74, 6) is -1.34. The monoisotopic (exact) mass is 675 g/mol. The average Bonchev–Trinajstić information content (AvgIpc) is 3.07. The number of sulfonamides is 1. The van der Waals surface area contributed by atoms with Crippen molar-refractivity contribution < 1.29 is 22.4 Å². The molecular weight excluding hydrogens is 637 g/mol. The van der Waals surface area contributed by atoms with E-state index in [-0.39, 0.29) is 35.5 Å². The third kappa shape index (κ3) is 8.99. The molecule has 7 nitrogen and oxygen atoms in total. The number of benzene rings is 4. The molecule has 2 amide bonds. The van der Waals surface area contributed by atoms with E-state index in [0.717, 1.165) is 47.5 Å². The summed E-state index contributed by atoms with van der Waals surface area (Å²) in [4.78, 5) is 30.1. The van der Waals surface area contributed by atoms with Crippen LogP contribution in [0.3, 0.4) is 0 Å². The summed E-state index contributed by atoms with van der Waals surface area (Å²) in [6, 6.07) is 26.8. The Balaban J connectivity index is 1.56. The van der Waals surface area contributed by atoms with Gasteiger partial charge in [-0.2, -0.15) is 0 Å². The van der Waals surface area contributed by atoms with E-state index < -0.39 is 34.3 Å². The molecule has 0 aromatic heterocycles. The van der Waals surface area contributed by atoms with Gasteiger partial charge in [0.15, 0.2) is 0 Å². The summed E-state index contributed by atoms with van der Waals surface area (Å²) in [5, 5.41) is 3.48. The smallest absolute Gasteiger partial charge is 0.264 e. The lowest BCUT2D eigenvalue weighted by molar-refractivity contribution is -0.140. The van der Waals surface area contributed by atoms with Crippen LogP contribution in [0.1, 0.15) is 48.8 Å². The Hall–Kier alpha value is -4.21. The molecule has 1 N–H and O–H groups in total. The summed E-state index contributed by atoms with van der Waals surface area (Å²) < 4.78 is 43.2. The fourth-order valence-electron chi connectivity index (χ4n) is 5.88. The number of nitrogens with zero attached hydrogens (tertiary/aromatic N) is 2. The zero-order chi connectivity index (χ0) is 33.4. The minimum Gasteiger partial charge on any atom is -0.352 e. The number of carbonyl (C=O) groups is 2. The molecule has 0 unspecified atom stereocenters. The third-order valence-corrected chi connectivity index (χ3v) is 10.5. The Morgan fingerprint density at radius 2 is 1.55 bits per heavy atom. The Kier molecular flexibility index (Phi) is 11.3. The summed E-state index contributed by atoms with van der Waals surface area (Å²) >= 11 is 6.30. The van der Waals surface area contributed by atoms with Gasteiger partial charge in [-0.1, -0.05) is 97.1 Å². The van der Waals surface area contributed by atoms with Gasteiger partial charge in [0.25, 0.3) is 10.0 Å². The maximum absolute atomic E-state index is 14.6. The molecule has 1 fully saturated rings. The summed E-state index contributed by atoms with van der Waals surface area (Å²) in [6.07, 6.45) is 5.05. The van der Waals surface area contributed by atoms with Gasteiger partial charge in [0.1, 0.15) is 18.4 Å². The molecule has 47 heavy (non-hydrogen) atoms. The molecule has 10 heteroatoms. The molecule has 0 aliphatic heterocycles. The number of halogens is 2. The SMILES string of the molecule is Cc1ccc(S(=O)(=O)N(CC(=O)N(Cc2ccc(F)cc2)[C@H](Cc2ccccc2)C(=O)NC2CCCCC2)c2cccc(Cl)c2)cc1. The van der Waals surface area contributed by atoms with Crippen molar-refractivity contribution in [2.45, 2.75) is 69.0 Å². The Labute approximate surface area is 281 Å². The first-order valence-electron chi connectivity index (χ1n) is 15.8. The fourth-order valence-corrected chi connectivity index (χ4v) is 7.47. The number of anilines is 1. The minimum atomic E-state index is -4.25. The van der Waals surface area contributed by atoms with Crippen LogP contribution >= 0.6 is 11.6 Å². The summed E-state index contributed by atoms with van der Waals surface area (Å²) in [6.45, 7) is 1.22. The molecule has 4 aromatic rings. The van der Waals surface area contributed by atoms with Crippen LogP contribution in [0.25, 0.3) is 0 Å². The molecule has 1 saturated carbocycles. The molecule has 0 bridgehead atoms. The summed E-state index contributed by atoms with van der Waals surface area (Å²) in [7, 11) is -4.25. The van der Waals surface area contributed by atoms with Gasteiger partial charge in [0, 0.05) is 24.0 Å². The third-order valence-electron chi connectivity index (χ3n) is 8.47. The summed E-state index contributed by atoms with van der Waals surface area (Å²) in [5.41, 5.74) is 2.53. The predicted molar refractivity (Wildman–Crippen MR) is 183 cm³/mol. The van der Waals surface area contributed by atoms with Crippen LogP contribution in [0, 0.1) is 12.7 Å². The number of hydrogen-bond donors (Lipinski definition) is 1. The van der Waals surface area contributed by atoms with Crippen molar-refractivity contribution in [3.63, 3.8) is 0 Å². The van der Waals surface area contributed by atoms with Crippen molar-refractivity contribution in [2.24, 2.45) is 0 Å². The molecule has 1 aliphatic rings. The van der Waals surface area contributed by atoms with Crippen LogP contribution in [0.4, 0.5) is 10.1 Å². The van der Waals surface area contributed by atoms with Crippen molar-refractivity contribution in [1.82, 2.24) is 10.2 Å². The number of amides is 2. The number of nitrogens with one attached hydrogen (secondary N) is 1. The molecule has 4 aromatic carbocycles. The number of carbonyl (C=O) groups excluding carboxylic acids is 2. The van der Waals surface area contributed by atoms with Gasteiger partial charge in [0.2, 0.25) is 11.8 Å². The van der Waals surface area contributed by atoms with Gasteiger partial charge in [-0.3, -0.25) is 13.9 Å². The van der Waals surface area contributed by atoms with Gasteiger partial charge in [-0.15, -0.1) is 0 Å². The molecule has 1 aliphatic carbocycles.